The summed E-state index contributed by atoms with van der Waals surface area (Å²) in [6, 6.07) is 5.48. The fourth-order valence-corrected chi connectivity index (χ4v) is 1.95. The average molecular weight is 219 g/mol. The van der Waals surface area contributed by atoms with Crippen LogP contribution in [0, 0.1) is 6.92 Å². The van der Waals surface area contributed by atoms with E-state index in [2.05, 4.69) is 0 Å². The van der Waals surface area contributed by atoms with Gasteiger partial charge >= 0.3 is 0 Å². The van der Waals surface area contributed by atoms with Crippen molar-refractivity contribution >= 4 is 5.91 Å². The Hall–Kier alpha value is -1.51. The van der Waals surface area contributed by atoms with Gasteiger partial charge in [-0.2, -0.15) is 0 Å². The van der Waals surface area contributed by atoms with E-state index in [1.54, 1.807) is 23.1 Å². The van der Waals surface area contributed by atoms with Crippen LogP contribution in [0.5, 0.6) is 5.75 Å². The molecule has 1 N–H and O–H groups in total. The van der Waals surface area contributed by atoms with Gasteiger partial charge in [-0.25, -0.2) is 0 Å². The predicted octanol–water partition coefficient (Wildman–Crippen LogP) is 2.33. The van der Waals surface area contributed by atoms with Crippen LogP contribution in [-0.4, -0.2) is 29.0 Å². The van der Waals surface area contributed by atoms with E-state index in [-0.39, 0.29) is 11.7 Å². The highest BCUT2D eigenvalue weighted by molar-refractivity contribution is 5.97. The van der Waals surface area contributed by atoms with Crippen molar-refractivity contribution in [2.45, 2.75) is 32.2 Å². The van der Waals surface area contributed by atoms with Crippen LogP contribution in [0.2, 0.25) is 0 Å². The Kier molecular flexibility index (Phi) is 2.86. The van der Waals surface area contributed by atoms with Gasteiger partial charge in [0.2, 0.25) is 0 Å². The molecule has 0 aliphatic heterocycles. The van der Waals surface area contributed by atoms with Crippen LogP contribution in [0.15, 0.2) is 18.2 Å². The van der Waals surface area contributed by atoms with Gasteiger partial charge in [0.25, 0.3) is 5.91 Å². The second-order valence-electron chi connectivity index (χ2n) is 4.52. The first-order chi connectivity index (χ1) is 7.59. The highest BCUT2D eigenvalue weighted by Gasteiger charge is 2.27. The second-order valence-corrected chi connectivity index (χ2v) is 4.52. The summed E-state index contributed by atoms with van der Waals surface area (Å²) in [7, 11) is 1.81. The molecule has 1 aromatic carbocycles. The van der Waals surface area contributed by atoms with Gasteiger partial charge in [0.15, 0.2) is 0 Å². The van der Waals surface area contributed by atoms with Gasteiger partial charge in [0, 0.05) is 13.1 Å². The number of amides is 1. The van der Waals surface area contributed by atoms with Crippen LogP contribution in [0.25, 0.3) is 0 Å². The molecule has 0 radical (unpaired) electrons. The number of phenols is 1. The lowest BCUT2D eigenvalue weighted by molar-refractivity contribution is 0.0649. The fraction of sp³-hybridized carbons (Fsp3) is 0.462. The van der Waals surface area contributed by atoms with Gasteiger partial charge in [-0.05, 0) is 38.3 Å². The van der Waals surface area contributed by atoms with Crippen molar-refractivity contribution in [2.75, 3.05) is 7.05 Å². The molecule has 0 heterocycles. The summed E-state index contributed by atoms with van der Waals surface area (Å²) in [6.07, 6.45) is 3.35. The van der Waals surface area contributed by atoms with E-state index in [4.69, 9.17) is 0 Å². The summed E-state index contributed by atoms with van der Waals surface area (Å²) >= 11 is 0. The van der Waals surface area contributed by atoms with Gasteiger partial charge in [-0.1, -0.05) is 11.6 Å². The van der Waals surface area contributed by atoms with Gasteiger partial charge in [0.05, 0.1) is 5.56 Å². The lowest BCUT2D eigenvalue weighted by Gasteiger charge is -2.34. The maximum atomic E-state index is 12.1. The first-order valence-corrected chi connectivity index (χ1v) is 5.66. The maximum Gasteiger partial charge on any atom is 0.257 e. The van der Waals surface area contributed by atoms with Crippen LogP contribution >= 0.6 is 0 Å². The minimum Gasteiger partial charge on any atom is -0.507 e. The smallest absolute Gasteiger partial charge is 0.257 e. The van der Waals surface area contributed by atoms with Crippen molar-refractivity contribution in [1.82, 2.24) is 4.90 Å². The number of benzene rings is 1. The number of nitrogens with zero attached hydrogens (tertiary/aromatic N) is 1. The molecular formula is C13H17NO2. The van der Waals surface area contributed by atoms with Crippen molar-refractivity contribution < 1.29 is 9.90 Å². The molecule has 1 saturated carbocycles. The molecule has 0 atom stereocenters. The summed E-state index contributed by atoms with van der Waals surface area (Å²) < 4.78 is 0. The van der Waals surface area contributed by atoms with E-state index < -0.39 is 0 Å². The third kappa shape index (κ3) is 1.90. The van der Waals surface area contributed by atoms with E-state index >= 15 is 0 Å². The summed E-state index contributed by atoms with van der Waals surface area (Å²) in [4.78, 5) is 13.9. The Morgan fingerprint density at radius 3 is 2.69 bits per heavy atom. The zero-order valence-corrected chi connectivity index (χ0v) is 9.73. The minimum atomic E-state index is -0.0779. The topological polar surface area (TPSA) is 40.5 Å². The average Bonchev–Trinajstić information content (AvgIpc) is 2.18. The number of rotatable bonds is 2. The first-order valence-electron chi connectivity index (χ1n) is 5.66. The van der Waals surface area contributed by atoms with E-state index in [1.165, 1.54) is 6.42 Å². The lowest BCUT2D eigenvalue weighted by atomic mass is 9.91. The second kappa shape index (κ2) is 4.16. The zero-order valence-electron chi connectivity index (χ0n) is 9.73. The molecule has 3 nitrogen and oxygen atoms in total. The molecule has 0 saturated heterocycles. The summed E-state index contributed by atoms with van der Waals surface area (Å²) in [5, 5.41) is 9.68. The Morgan fingerprint density at radius 1 is 1.44 bits per heavy atom. The maximum absolute atomic E-state index is 12.1. The normalized spacial score (nSPS) is 15.6. The van der Waals surface area contributed by atoms with E-state index in [0.29, 0.717) is 11.6 Å². The molecular weight excluding hydrogens is 202 g/mol. The molecule has 0 bridgehead atoms. The molecule has 1 aromatic rings. The van der Waals surface area contributed by atoms with Crippen LogP contribution < -0.4 is 0 Å². The highest BCUT2D eigenvalue weighted by Crippen LogP contribution is 2.27. The van der Waals surface area contributed by atoms with Gasteiger partial charge in [-0.3, -0.25) is 4.79 Å². The molecule has 3 heteroatoms. The Labute approximate surface area is 95.7 Å². The van der Waals surface area contributed by atoms with Crippen molar-refractivity contribution in [2.24, 2.45) is 0 Å². The van der Waals surface area contributed by atoms with Crippen molar-refractivity contribution in [3.8, 4) is 5.75 Å². The highest BCUT2D eigenvalue weighted by atomic mass is 16.3. The molecule has 0 aromatic heterocycles. The zero-order chi connectivity index (χ0) is 11.7. The first kappa shape index (κ1) is 11.0. The van der Waals surface area contributed by atoms with Gasteiger partial charge in [0.1, 0.15) is 5.75 Å². The fourth-order valence-electron chi connectivity index (χ4n) is 1.95. The number of phenolic OH excluding ortho intramolecular Hbond substituents is 1. The number of carbonyl (C=O) groups is 1. The largest absolute Gasteiger partial charge is 0.507 e. The van der Waals surface area contributed by atoms with Crippen molar-refractivity contribution in [1.29, 1.82) is 0 Å². The lowest BCUT2D eigenvalue weighted by Crippen LogP contribution is -2.41. The molecule has 1 fully saturated rings. The molecule has 86 valence electrons. The van der Waals surface area contributed by atoms with E-state index in [9.17, 15) is 9.90 Å². The van der Waals surface area contributed by atoms with Crippen molar-refractivity contribution in [3.05, 3.63) is 29.3 Å². The monoisotopic (exact) mass is 219 g/mol. The quantitative estimate of drug-likeness (QED) is 0.829. The molecule has 2 rings (SSSR count). The van der Waals surface area contributed by atoms with Crippen LogP contribution in [0.3, 0.4) is 0 Å². The molecule has 0 unspecified atom stereocenters. The molecule has 16 heavy (non-hydrogen) atoms. The summed E-state index contributed by atoms with van der Waals surface area (Å²) in [5.74, 6) is -0.00678. The third-order valence-electron chi connectivity index (χ3n) is 3.33. The molecule has 1 amide bonds. The van der Waals surface area contributed by atoms with Crippen LogP contribution in [-0.2, 0) is 0 Å². The Balaban J connectivity index is 2.22. The Morgan fingerprint density at radius 2 is 2.12 bits per heavy atom. The standard InChI is InChI=1S/C13H17NO2/c1-9-6-7-12(15)11(8-9)13(16)14(2)10-4-3-5-10/h6-8,10,15H,3-5H2,1-2H3. The van der Waals surface area contributed by atoms with Crippen LogP contribution in [0.4, 0.5) is 0 Å². The number of aryl methyl sites for hydroxylation is 1. The molecule has 1 aliphatic rings. The third-order valence-corrected chi connectivity index (χ3v) is 3.33. The van der Waals surface area contributed by atoms with Gasteiger partial charge < -0.3 is 10.0 Å². The molecule has 1 aliphatic carbocycles. The minimum absolute atomic E-state index is 0.0711. The molecule has 0 spiro atoms. The van der Waals surface area contributed by atoms with E-state index in [1.807, 2.05) is 14.0 Å². The SMILES string of the molecule is Cc1ccc(O)c(C(=O)N(C)C2CCC2)c1. The summed E-state index contributed by atoms with van der Waals surface area (Å²) in [6.45, 7) is 1.92. The van der Waals surface area contributed by atoms with Crippen molar-refractivity contribution in [3.63, 3.8) is 0 Å². The van der Waals surface area contributed by atoms with Gasteiger partial charge in [-0.15, -0.1) is 0 Å². The Bertz CT molecular complexity index is 410. The number of hydrogen-bond acceptors (Lipinski definition) is 2. The van der Waals surface area contributed by atoms with E-state index in [0.717, 1.165) is 18.4 Å². The van der Waals surface area contributed by atoms with Crippen LogP contribution in [0.1, 0.15) is 35.2 Å². The predicted molar refractivity (Wildman–Crippen MR) is 62.6 cm³/mol. The number of carbonyl (C=O) groups excluding carboxylic acids is 1. The summed E-state index contributed by atoms with van der Waals surface area (Å²) in [5.41, 5.74) is 1.40. The number of hydrogen-bond donors (Lipinski definition) is 1. The number of aromatic hydroxyl groups is 1.